The van der Waals surface area contributed by atoms with E-state index in [0.717, 1.165) is 12.2 Å². The molecule has 0 aliphatic carbocycles. The molecule has 0 saturated heterocycles. The molecular weight excluding hydrogens is 234 g/mol. The van der Waals surface area contributed by atoms with Crippen LogP contribution in [0.15, 0.2) is 36.4 Å². The van der Waals surface area contributed by atoms with Crippen LogP contribution < -0.4 is 5.32 Å². The van der Waals surface area contributed by atoms with Crippen LogP contribution in [0.25, 0.3) is 0 Å². The number of halogens is 1. The van der Waals surface area contributed by atoms with E-state index in [1.54, 1.807) is 24.3 Å². The molecule has 0 fully saturated rings. The Morgan fingerprint density at radius 2 is 1.80 bits per heavy atom. The monoisotopic (exact) mass is 241 g/mol. The molecule has 0 radical (unpaired) electrons. The van der Waals surface area contributed by atoms with E-state index in [0.29, 0.717) is 10.7 Å². The van der Waals surface area contributed by atoms with Crippen molar-refractivity contribution in [2.24, 2.45) is 0 Å². The van der Waals surface area contributed by atoms with Crippen molar-refractivity contribution in [3.8, 4) is 0 Å². The molecule has 0 aliphatic heterocycles. The first-order valence-electron chi connectivity index (χ1n) is 4.05. The first-order chi connectivity index (χ1) is 7.08. The van der Waals surface area contributed by atoms with E-state index in [1.165, 1.54) is 0 Å². The Morgan fingerprint density at radius 3 is 2.33 bits per heavy atom. The molecule has 5 heteroatoms. The minimum Gasteiger partial charge on any atom is -0.323 e. The summed E-state index contributed by atoms with van der Waals surface area (Å²) in [5.41, 5.74) is 0.612. The highest BCUT2D eigenvalue weighted by Crippen LogP contribution is 2.13. The summed E-state index contributed by atoms with van der Waals surface area (Å²) in [6.07, 6.45) is 2.19. The van der Waals surface area contributed by atoms with E-state index in [2.05, 4.69) is 17.9 Å². The highest BCUT2D eigenvalue weighted by Gasteiger charge is 1.97. The Kier molecular flexibility index (Phi) is 4.39. The average molecular weight is 242 g/mol. The van der Waals surface area contributed by atoms with E-state index in [1.807, 2.05) is 0 Å². The summed E-state index contributed by atoms with van der Waals surface area (Å²) in [6, 6.07) is 6.64. The second-order valence-corrected chi connectivity index (χ2v) is 3.54. The van der Waals surface area contributed by atoms with Gasteiger partial charge in [-0.2, -0.15) is 0 Å². The second kappa shape index (κ2) is 5.58. The number of anilines is 1. The normalized spacial score (nSPS) is 10.3. The van der Waals surface area contributed by atoms with Crippen molar-refractivity contribution >= 4 is 40.9 Å². The summed E-state index contributed by atoms with van der Waals surface area (Å²) >= 11 is 9.16. The molecule has 1 amide bonds. The SMILES string of the molecule is O=C(S)/C=C\C(=O)Nc1ccc(Cl)cc1. The fourth-order valence-electron chi connectivity index (χ4n) is 0.864. The lowest BCUT2D eigenvalue weighted by molar-refractivity contribution is -0.112. The predicted molar refractivity (Wildman–Crippen MR) is 63.2 cm³/mol. The third-order valence-electron chi connectivity index (χ3n) is 1.49. The molecule has 1 aromatic rings. The third kappa shape index (κ3) is 4.67. The fraction of sp³-hybridized carbons (Fsp3) is 0. The van der Waals surface area contributed by atoms with Gasteiger partial charge in [0.1, 0.15) is 0 Å². The zero-order chi connectivity index (χ0) is 11.3. The number of carbonyl (C=O) groups excluding carboxylic acids is 2. The lowest BCUT2D eigenvalue weighted by Gasteiger charge is -2.00. The van der Waals surface area contributed by atoms with Crippen molar-refractivity contribution in [2.75, 3.05) is 5.32 Å². The summed E-state index contributed by atoms with van der Waals surface area (Å²) in [5, 5.41) is 2.67. The van der Waals surface area contributed by atoms with Gasteiger partial charge in [0.15, 0.2) is 0 Å². The number of hydrogen-bond acceptors (Lipinski definition) is 2. The number of nitrogens with one attached hydrogen (secondary N) is 1. The number of rotatable bonds is 3. The number of carbonyl (C=O) groups is 2. The van der Waals surface area contributed by atoms with Crippen LogP contribution >= 0.6 is 24.2 Å². The molecule has 78 valence electrons. The number of amides is 1. The molecule has 0 spiro atoms. The molecule has 1 N–H and O–H groups in total. The maximum atomic E-state index is 11.2. The number of thiol groups is 1. The Morgan fingerprint density at radius 1 is 1.20 bits per heavy atom. The standard InChI is InChI=1S/C10H8ClNO2S/c11-7-1-3-8(4-2-7)12-9(13)5-6-10(14)15/h1-6H,(H,12,13)(H,14,15)/b6-5-. The van der Waals surface area contributed by atoms with E-state index < -0.39 is 5.12 Å². The molecule has 0 unspecified atom stereocenters. The lowest BCUT2D eigenvalue weighted by Crippen LogP contribution is -2.07. The van der Waals surface area contributed by atoms with Crippen molar-refractivity contribution in [3.05, 3.63) is 41.4 Å². The molecule has 0 saturated carbocycles. The van der Waals surface area contributed by atoms with Crippen LogP contribution in [0.2, 0.25) is 5.02 Å². The van der Waals surface area contributed by atoms with E-state index >= 15 is 0 Å². The van der Waals surface area contributed by atoms with Crippen molar-refractivity contribution in [1.29, 1.82) is 0 Å². The van der Waals surface area contributed by atoms with Crippen molar-refractivity contribution < 1.29 is 9.59 Å². The first-order valence-corrected chi connectivity index (χ1v) is 4.88. The minimum atomic E-state index is -0.471. The highest BCUT2D eigenvalue weighted by molar-refractivity contribution is 7.97. The topological polar surface area (TPSA) is 46.2 Å². The van der Waals surface area contributed by atoms with Gasteiger partial charge in [0.25, 0.3) is 0 Å². The van der Waals surface area contributed by atoms with Gasteiger partial charge in [-0.15, -0.1) is 12.6 Å². The van der Waals surface area contributed by atoms with E-state index in [9.17, 15) is 9.59 Å². The van der Waals surface area contributed by atoms with Gasteiger partial charge >= 0.3 is 0 Å². The molecule has 15 heavy (non-hydrogen) atoms. The maximum Gasteiger partial charge on any atom is 0.248 e. The molecule has 1 aromatic carbocycles. The average Bonchev–Trinajstić information content (AvgIpc) is 2.19. The van der Waals surface area contributed by atoms with Crippen LogP contribution in [-0.4, -0.2) is 11.0 Å². The van der Waals surface area contributed by atoms with Crippen LogP contribution in [0.1, 0.15) is 0 Å². The van der Waals surface area contributed by atoms with Crippen LogP contribution in [-0.2, 0) is 9.59 Å². The van der Waals surface area contributed by atoms with Crippen molar-refractivity contribution in [3.63, 3.8) is 0 Å². The molecule has 0 heterocycles. The van der Waals surface area contributed by atoms with Gasteiger partial charge in [0.2, 0.25) is 11.0 Å². The summed E-state index contributed by atoms with van der Waals surface area (Å²) in [5.74, 6) is -0.389. The molecule has 0 aromatic heterocycles. The summed E-state index contributed by atoms with van der Waals surface area (Å²) in [4.78, 5) is 21.6. The Balaban J connectivity index is 2.59. The summed E-state index contributed by atoms with van der Waals surface area (Å²) in [7, 11) is 0. The first kappa shape index (κ1) is 11.8. The van der Waals surface area contributed by atoms with Crippen LogP contribution in [0, 0.1) is 0 Å². The molecule has 0 aliphatic rings. The number of benzene rings is 1. The van der Waals surface area contributed by atoms with Gasteiger partial charge in [-0.05, 0) is 30.3 Å². The quantitative estimate of drug-likeness (QED) is 0.630. The summed E-state index contributed by atoms with van der Waals surface area (Å²) in [6.45, 7) is 0. The minimum absolute atomic E-state index is 0.389. The molecule has 3 nitrogen and oxygen atoms in total. The van der Waals surface area contributed by atoms with Gasteiger partial charge < -0.3 is 5.32 Å². The smallest absolute Gasteiger partial charge is 0.248 e. The van der Waals surface area contributed by atoms with Gasteiger partial charge in [0, 0.05) is 16.8 Å². The lowest BCUT2D eigenvalue weighted by atomic mass is 10.3. The van der Waals surface area contributed by atoms with Crippen molar-refractivity contribution in [1.82, 2.24) is 0 Å². The van der Waals surface area contributed by atoms with Crippen LogP contribution in [0.3, 0.4) is 0 Å². The molecule has 1 rings (SSSR count). The van der Waals surface area contributed by atoms with Gasteiger partial charge in [-0.1, -0.05) is 11.6 Å². The van der Waals surface area contributed by atoms with Crippen molar-refractivity contribution in [2.45, 2.75) is 0 Å². The highest BCUT2D eigenvalue weighted by atomic mass is 35.5. The maximum absolute atomic E-state index is 11.2. The van der Waals surface area contributed by atoms with Crippen LogP contribution in [0.4, 0.5) is 5.69 Å². The van der Waals surface area contributed by atoms with E-state index in [4.69, 9.17) is 11.6 Å². The predicted octanol–water partition coefficient (Wildman–Crippen LogP) is 2.29. The zero-order valence-electron chi connectivity index (χ0n) is 7.61. The Bertz CT molecular complexity index is 400. The zero-order valence-corrected chi connectivity index (χ0v) is 9.26. The third-order valence-corrected chi connectivity index (χ3v) is 1.89. The Hall–Kier alpha value is -1.26. The largest absolute Gasteiger partial charge is 0.323 e. The molecule has 0 bridgehead atoms. The summed E-state index contributed by atoms with van der Waals surface area (Å²) < 4.78 is 0. The number of hydrogen-bond donors (Lipinski definition) is 2. The van der Waals surface area contributed by atoms with Crippen LogP contribution in [0.5, 0.6) is 0 Å². The Labute approximate surface area is 97.5 Å². The molecule has 0 atom stereocenters. The fourth-order valence-corrected chi connectivity index (χ4v) is 1.06. The van der Waals surface area contributed by atoms with Gasteiger partial charge in [-0.3, -0.25) is 9.59 Å². The van der Waals surface area contributed by atoms with E-state index in [-0.39, 0.29) is 5.91 Å². The van der Waals surface area contributed by atoms with Gasteiger partial charge in [-0.25, -0.2) is 0 Å². The molecular formula is C10H8ClNO2S. The second-order valence-electron chi connectivity index (χ2n) is 2.67. The van der Waals surface area contributed by atoms with Gasteiger partial charge in [0.05, 0.1) is 0 Å².